The molecule has 3 rings (SSSR count). The monoisotopic (exact) mass is 515 g/mol. The summed E-state index contributed by atoms with van der Waals surface area (Å²) in [6.45, 7) is 1.88. The fourth-order valence-corrected chi connectivity index (χ4v) is 4.02. The number of nitrogens with one attached hydrogen (secondary N) is 4. The number of amides is 3. The van der Waals surface area contributed by atoms with Gasteiger partial charge in [0, 0.05) is 5.56 Å². The number of benzene rings is 2. The Morgan fingerprint density at radius 2 is 1.85 bits per heavy atom. The second-order valence-corrected chi connectivity index (χ2v) is 8.95. The number of rotatable bonds is 6. The van der Waals surface area contributed by atoms with E-state index < -0.39 is 47.2 Å². The van der Waals surface area contributed by atoms with Gasteiger partial charge in [-0.1, -0.05) is 29.3 Å². The van der Waals surface area contributed by atoms with E-state index >= 15 is 0 Å². The largest absolute Gasteiger partial charge is 0.416 e. The predicted molar refractivity (Wildman–Crippen MR) is 123 cm³/mol. The van der Waals surface area contributed by atoms with Gasteiger partial charge in [0.2, 0.25) is 11.8 Å². The molecule has 182 valence electrons. The van der Waals surface area contributed by atoms with Crippen molar-refractivity contribution in [1.29, 1.82) is 0 Å². The average Bonchev–Trinajstić information content (AvgIpc) is 2.76. The summed E-state index contributed by atoms with van der Waals surface area (Å²) in [7, 11) is 0. The predicted octanol–water partition coefficient (Wildman–Crippen LogP) is 2.43. The first kappa shape index (κ1) is 25.8. The van der Waals surface area contributed by atoms with Gasteiger partial charge in [0.15, 0.2) is 0 Å². The van der Waals surface area contributed by atoms with Crippen LogP contribution in [0.1, 0.15) is 21.5 Å². The first-order chi connectivity index (χ1) is 15.9. The van der Waals surface area contributed by atoms with E-state index in [0.717, 1.165) is 35.5 Å². The van der Waals surface area contributed by atoms with E-state index in [4.69, 9.17) is 17.3 Å². The van der Waals surface area contributed by atoms with Crippen molar-refractivity contribution >= 4 is 46.8 Å². The van der Waals surface area contributed by atoms with Crippen LogP contribution in [-0.4, -0.2) is 41.2 Å². The van der Waals surface area contributed by atoms with Gasteiger partial charge in [-0.05, 0) is 37.3 Å². The van der Waals surface area contributed by atoms with Gasteiger partial charge in [-0.25, -0.2) is 0 Å². The molecule has 1 aliphatic rings. The standard InChI is InChI=1S/C21H21ClF3N5O3S/c1-10-2-4-11(5-3-10)18(32)28-16-17(26)29-20(30-19(16)33)34-9-15(31)27-14-8-12(21(23,24)25)6-7-13(14)22/h2-8,16-17,20,29H,9,26H2,1H3,(H,27,31)(H,28,32)(H,30,33). The first-order valence-corrected chi connectivity index (χ1v) is 11.3. The van der Waals surface area contributed by atoms with E-state index in [0.29, 0.717) is 5.56 Å². The summed E-state index contributed by atoms with van der Waals surface area (Å²) in [6, 6.07) is 8.31. The SMILES string of the molecule is Cc1ccc(C(=O)NC2C(=O)NC(SCC(=O)Nc3cc(C(F)(F)F)ccc3Cl)NC2N)cc1. The third kappa shape index (κ3) is 6.63. The van der Waals surface area contributed by atoms with Crippen LogP contribution in [0.3, 0.4) is 0 Å². The van der Waals surface area contributed by atoms with Crippen LogP contribution in [-0.2, 0) is 15.8 Å². The van der Waals surface area contributed by atoms with Gasteiger partial charge in [0.05, 0.1) is 28.2 Å². The minimum atomic E-state index is -4.59. The molecule has 3 atom stereocenters. The maximum atomic E-state index is 12.9. The van der Waals surface area contributed by atoms with E-state index in [1.807, 2.05) is 6.92 Å². The molecule has 0 aromatic heterocycles. The molecule has 2 aromatic carbocycles. The number of anilines is 1. The molecular weight excluding hydrogens is 495 g/mol. The summed E-state index contributed by atoms with van der Waals surface area (Å²) in [4.78, 5) is 37.1. The number of alkyl halides is 3. The zero-order chi connectivity index (χ0) is 25.0. The number of hydrogen-bond donors (Lipinski definition) is 5. The molecule has 34 heavy (non-hydrogen) atoms. The van der Waals surface area contributed by atoms with Crippen LogP contribution in [0, 0.1) is 6.92 Å². The average molecular weight is 516 g/mol. The molecule has 1 fully saturated rings. The molecule has 0 radical (unpaired) electrons. The van der Waals surface area contributed by atoms with Crippen LogP contribution >= 0.6 is 23.4 Å². The first-order valence-electron chi connectivity index (χ1n) is 9.92. The molecule has 1 aliphatic heterocycles. The number of thioether (sulfide) groups is 1. The fourth-order valence-electron chi connectivity index (χ4n) is 3.01. The zero-order valence-corrected chi connectivity index (χ0v) is 19.3. The van der Waals surface area contributed by atoms with Crippen molar-refractivity contribution in [3.05, 3.63) is 64.2 Å². The summed E-state index contributed by atoms with van der Waals surface area (Å²) >= 11 is 6.83. The lowest BCUT2D eigenvalue weighted by molar-refractivity contribution is -0.137. The summed E-state index contributed by atoms with van der Waals surface area (Å²) in [6.07, 6.45) is -5.53. The molecule has 1 saturated heterocycles. The molecule has 3 unspecified atom stereocenters. The Bertz CT molecular complexity index is 1080. The van der Waals surface area contributed by atoms with Crippen LogP contribution in [0.4, 0.5) is 18.9 Å². The molecule has 0 aliphatic carbocycles. The third-order valence-corrected chi connectivity index (χ3v) is 6.15. The van der Waals surface area contributed by atoms with E-state index in [9.17, 15) is 27.6 Å². The molecule has 0 spiro atoms. The normalized spacial score (nSPS) is 20.4. The van der Waals surface area contributed by atoms with Gasteiger partial charge in [-0.2, -0.15) is 13.2 Å². The lowest BCUT2D eigenvalue weighted by Crippen LogP contribution is -2.70. The van der Waals surface area contributed by atoms with Crippen molar-refractivity contribution in [3.8, 4) is 0 Å². The summed E-state index contributed by atoms with van der Waals surface area (Å²) < 4.78 is 38.6. The van der Waals surface area contributed by atoms with Crippen molar-refractivity contribution in [2.24, 2.45) is 5.73 Å². The molecule has 8 nitrogen and oxygen atoms in total. The Morgan fingerprint density at radius 1 is 1.18 bits per heavy atom. The number of carbonyl (C=O) groups is 3. The molecule has 0 bridgehead atoms. The number of halogens is 4. The Labute approximate surface area is 202 Å². The Morgan fingerprint density at radius 3 is 2.47 bits per heavy atom. The maximum Gasteiger partial charge on any atom is 0.416 e. The molecule has 0 saturated carbocycles. The quantitative estimate of drug-likeness (QED) is 0.402. The van der Waals surface area contributed by atoms with Gasteiger partial charge in [-0.3, -0.25) is 19.7 Å². The van der Waals surface area contributed by atoms with Crippen LogP contribution in [0.5, 0.6) is 0 Å². The maximum absolute atomic E-state index is 12.9. The summed E-state index contributed by atoms with van der Waals surface area (Å²) in [5.41, 5.74) is 5.44. The molecular formula is C21H21ClF3N5O3S. The smallest absolute Gasteiger partial charge is 0.338 e. The van der Waals surface area contributed by atoms with Gasteiger partial charge >= 0.3 is 6.18 Å². The molecule has 3 amide bonds. The highest BCUT2D eigenvalue weighted by Gasteiger charge is 2.36. The molecule has 1 heterocycles. The minimum Gasteiger partial charge on any atom is -0.338 e. The lowest BCUT2D eigenvalue weighted by atomic mass is 10.1. The molecule has 13 heteroatoms. The molecule has 6 N–H and O–H groups in total. The van der Waals surface area contributed by atoms with Gasteiger partial charge in [0.25, 0.3) is 5.91 Å². The number of aryl methyl sites for hydroxylation is 1. The van der Waals surface area contributed by atoms with Crippen LogP contribution in [0.2, 0.25) is 5.02 Å². The van der Waals surface area contributed by atoms with Crippen molar-refractivity contribution in [2.45, 2.75) is 30.8 Å². The van der Waals surface area contributed by atoms with Gasteiger partial charge in [0.1, 0.15) is 11.5 Å². The van der Waals surface area contributed by atoms with Crippen molar-refractivity contribution in [3.63, 3.8) is 0 Å². The van der Waals surface area contributed by atoms with E-state index in [-0.39, 0.29) is 16.5 Å². The topological polar surface area (TPSA) is 125 Å². The number of hydrogen-bond acceptors (Lipinski definition) is 6. The van der Waals surface area contributed by atoms with Crippen LogP contribution in [0.15, 0.2) is 42.5 Å². The zero-order valence-electron chi connectivity index (χ0n) is 17.7. The van der Waals surface area contributed by atoms with Crippen molar-refractivity contribution < 1.29 is 27.6 Å². The van der Waals surface area contributed by atoms with Gasteiger partial charge < -0.3 is 21.7 Å². The Kier molecular flexibility index (Phi) is 8.08. The number of carbonyl (C=O) groups excluding carboxylic acids is 3. The number of nitrogens with two attached hydrogens (primary N) is 1. The summed E-state index contributed by atoms with van der Waals surface area (Å²) in [5, 5.41) is 10.3. The highest BCUT2D eigenvalue weighted by Crippen LogP contribution is 2.33. The minimum absolute atomic E-state index is 0.0513. The summed E-state index contributed by atoms with van der Waals surface area (Å²) in [5.74, 6) is -1.88. The molecule has 2 aromatic rings. The van der Waals surface area contributed by atoms with Crippen LogP contribution in [0.25, 0.3) is 0 Å². The third-order valence-electron chi connectivity index (χ3n) is 4.81. The second kappa shape index (κ2) is 10.6. The van der Waals surface area contributed by atoms with Crippen molar-refractivity contribution in [2.75, 3.05) is 11.1 Å². The Balaban J connectivity index is 1.52. The van der Waals surface area contributed by atoms with E-state index in [1.165, 1.54) is 0 Å². The lowest BCUT2D eigenvalue weighted by Gasteiger charge is -2.35. The highest BCUT2D eigenvalue weighted by atomic mass is 35.5. The van der Waals surface area contributed by atoms with Gasteiger partial charge in [-0.15, -0.1) is 11.8 Å². The second-order valence-electron chi connectivity index (χ2n) is 7.45. The van der Waals surface area contributed by atoms with E-state index in [1.54, 1.807) is 24.3 Å². The Hall–Kier alpha value is -2.80. The fraction of sp³-hybridized carbons (Fsp3) is 0.286. The van der Waals surface area contributed by atoms with E-state index in [2.05, 4.69) is 21.3 Å². The van der Waals surface area contributed by atoms with Crippen molar-refractivity contribution in [1.82, 2.24) is 16.0 Å². The van der Waals surface area contributed by atoms with Crippen LogP contribution < -0.4 is 27.0 Å². The highest BCUT2D eigenvalue weighted by molar-refractivity contribution is 8.00.